The molecule has 108 valence electrons. The molecule has 1 saturated carbocycles. The van der Waals surface area contributed by atoms with Gasteiger partial charge in [-0.1, -0.05) is 38.1 Å². The zero-order valence-corrected chi connectivity index (χ0v) is 12.1. The molecular formula is C18H17FO2. The van der Waals surface area contributed by atoms with Crippen LogP contribution in [0.25, 0.3) is 11.1 Å². The van der Waals surface area contributed by atoms with Crippen LogP contribution in [0.2, 0.25) is 0 Å². The Morgan fingerprint density at radius 3 is 2.00 bits per heavy atom. The van der Waals surface area contributed by atoms with Crippen LogP contribution in [-0.4, -0.2) is 5.97 Å². The van der Waals surface area contributed by atoms with Crippen molar-refractivity contribution in [2.45, 2.75) is 20.3 Å². The average molecular weight is 284 g/mol. The van der Waals surface area contributed by atoms with E-state index in [1.54, 1.807) is 24.3 Å². The third-order valence-corrected chi connectivity index (χ3v) is 4.05. The zero-order chi connectivity index (χ0) is 15.0. The van der Waals surface area contributed by atoms with E-state index >= 15 is 0 Å². The van der Waals surface area contributed by atoms with E-state index < -0.39 is 0 Å². The van der Waals surface area contributed by atoms with Gasteiger partial charge in [0.2, 0.25) is 0 Å². The fourth-order valence-electron chi connectivity index (χ4n) is 2.41. The molecule has 0 radical (unpaired) electrons. The van der Waals surface area contributed by atoms with Crippen LogP contribution in [0.5, 0.6) is 5.75 Å². The molecule has 0 aromatic heterocycles. The van der Waals surface area contributed by atoms with Crippen LogP contribution in [0.4, 0.5) is 4.39 Å². The zero-order valence-electron chi connectivity index (χ0n) is 12.1. The lowest BCUT2D eigenvalue weighted by Crippen LogP contribution is -2.13. The third kappa shape index (κ3) is 2.97. The maximum absolute atomic E-state index is 12.9. The third-order valence-electron chi connectivity index (χ3n) is 4.05. The van der Waals surface area contributed by atoms with Gasteiger partial charge >= 0.3 is 5.97 Å². The predicted octanol–water partition coefficient (Wildman–Crippen LogP) is 4.44. The first kappa shape index (κ1) is 13.8. The van der Waals surface area contributed by atoms with Crippen molar-refractivity contribution in [3.05, 3.63) is 54.3 Å². The molecule has 1 aliphatic carbocycles. The Morgan fingerprint density at radius 1 is 1.05 bits per heavy atom. The molecule has 1 unspecified atom stereocenters. The molecule has 2 nitrogen and oxygen atoms in total. The van der Waals surface area contributed by atoms with Crippen LogP contribution < -0.4 is 4.74 Å². The second-order valence-corrected chi connectivity index (χ2v) is 6.20. The first-order chi connectivity index (χ1) is 9.95. The Morgan fingerprint density at radius 2 is 1.52 bits per heavy atom. The molecule has 21 heavy (non-hydrogen) atoms. The molecule has 3 heteroatoms. The van der Waals surface area contributed by atoms with Crippen LogP contribution in [0, 0.1) is 17.2 Å². The van der Waals surface area contributed by atoms with E-state index in [-0.39, 0.29) is 23.1 Å². The first-order valence-electron chi connectivity index (χ1n) is 7.03. The van der Waals surface area contributed by atoms with Gasteiger partial charge in [-0.15, -0.1) is 0 Å². The lowest BCUT2D eigenvalue weighted by molar-refractivity contribution is -0.136. The minimum atomic E-state index is -0.253. The van der Waals surface area contributed by atoms with E-state index in [9.17, 15) is 9.18 Å². The van der Waals surface area contributed by atoms with Gasteiger partial charge in [0.15, 0.2) is 0 Å². The maximum atomic E-state index is 12.9. The van der Waals surface area contributed by atoms with E-state index in [1.165, 1.54) is 12.1 Å². The van der Waals surface area contributed by atoms with Crippen LogP contribution in [0.15, 0.2) is 48.5 Å². The van der Waals surface area contributed by atoms with Crippen molar-refractivity contribution in [2.75, 3.05) is 0 Å². The highest BCUT2D eigenvalue weighted by Crippen LogP contribution is 2.52. The van der Waals surface area contributed by atoms with Crippen LogP contribution in [0.1, 0.15) is 20.3 Å². The van der Waals surface area contributed by atoms with Gasteiger partial charge in [-0.05, 0) is 47.2 Å². The van der Waals surface area contributed by atoms with Crippen molar-refractivity contribution >= 4 is 5.97 Å². The Kier molecular flexibility index (Phi) is 3.28. The van der Waals surface area contributed by atoms with Gasteiger partial charge in [-0.2, -0.15) is 0 Å². The summed E-state index contributed by atoms with van der Waals surface area (Å²) in [4.78, 5) is 11.9. The van der Waals surface area contributed by atoms with Crippen LogP contribution in [0.3, 0.4) is 0 Å². The normalized spacial score (nSPS) is 19.1. The number of carbonyl (C=O) groups is 1. The minimum absolute atomic E-state index is 0.00859. The highest BCUT2D eigenvalue weighted by Gasteiger charge is 2.51. The quantitative estimate of drug-likeness (QED) is 0.615. The number of benzene rings is 2. The summed E-state index contributed by atoms with van der Waals surface area (Å²) in [5.74, 6) is 0.147. The lowest BCUT2D eigenvalue weighted by Gasteiger charge is -2.07. The second-order valence-electron chi connectivity index (χ2n) is 6.20. The smallest absolute Gasteiger partial charge is 0.314 e. The first-order valence-corrected chi connectivity index (χ1v) is 7.03. The highest BCUT2D eigenvalue weighted by atomic mass is 19.1. The SMILES string of the molecule is CC1(C)CC1C(=O)Oc1ccc(-c2ccc(F)cc2)cc1. The summed E-state index contributed by atoms with van der Waals surface area (Å²) in [6, 6.07) is 13.6. The molecule has 2 aromatic rings. The summed E-state index contributed by atoms with van der Waals surface area (Å²) < 4.78 is 18.3. The lowest BCUT2D eigenvalue weighted by atomic mass is 10.1. The van der Waals surface area contributed by atoms with Gasteiger partial charge in [-0.25, -0.2) is 4.39 Å². The molecule has 1 atom stereocenters. The van der Waals surface area contributed by atoms with Crippen molar-refractivity contribution in [1.82, 2.24) is 0 Å². The molecule has 3 rings (SSSR count). The Balaban J connectivity index is 1.70. The average Bonchev–Trinajstić information content (AvgIpc) is 3.10. The second kappa shape index (κ2) is 4.99. The van der Waals surface area contributed by atoms with Crippen molar-refractivity contribution in [3.8, 4) is 16.9 Å². The topological polar surface area (TPSA) is 26.3 Å². The molecule has 0 N–H and O–H groups in total. The fourth-order valence-corrected chi connectivity index (χ4v) is 2.41. The fraction of sp³-hybridized carbons (Fsp3) is 0.278. The predicted molar refractivity (Wildman–Crippen MR) is 79.4 cm³/mol. The molecule has 0 aliphatic heterocycles. The number of carbonyl (C=O) groups excluding carboxylic acids is 1. The number of ether oxygens (including phenoxy) is 1. The summed E-state index contributed by atoms with van der Waals surface area (Å²) in [7, 11) is 0. The van der Waals surface area contributed by atoms with Crippen LogP contribution >= 0.6 is 0 Å². The van der Waals surface area contributed by atoms with Crippen molar-refractivity contribution in [3.63, 3.8) is 0 Å². The van der Waals surface area contributed by atoms with E-state index in [1.807, 2.05) is 12.1 Å². The number of hydrogen-bond donors (Lipinski definition) is 0. The molecule has 0 amide bonds. The van der Waals surface area contributed by atoms with E-state index in [0.29, 0.717) is 5.75 Å². The standard InChI is InChI=1S/C18H17FO2/c1-18(2)11-16(18)17(20)21-15-9-5-13(6-10-15)12-3-7-14(19)8-4-12/h3-10,16H,11H2,1-2H3. The Labute approximate surface area is 123 Å². The molecule has 0 spiro atoms. The van der Waals surface area contributed by atoms with Gasteiger partial charge in [0.1, 0.15) is 11.6 Å². The van der Waals surface area contributed by atoms with Gasteiger partial charge < -0.3 is 4.74 Å². The number of halogens is 1. The summed E-state index contributed by atoms with van der Waals surface area (Å²) in [6.07, 6.45) is 0.888. The van der Waals surface area contributed by atoms with Crippen molar-refractivity contribution in [1.29, 1.82) is 0 Å². The molecular weight excluding hydrogens is 267 g/mol. The van der Waals surface area contributed by atoms with Gasteiger partial charge in [0.25, 0.3) is 0 Å². The molecule has 0 saturated heterocycles. The van der Waals surface area contributed by atoms with Gasteiger partial charge in [0.05, 0.1) is 5.92 Å². The summed E-state index contributed by atoms with van der Waals surface area (Å²) >= 11 is 0. The number of rotatable bonds is 3. The number of hydrogen-bond acceptors (Lipinski definition) is 2. The number of esters is 1. The summed E-state index contributed by atoms with van der Waals surface area (Å²) in [6.45, 7) is 4.13. The van der Waals surface area contributed by atoms with Gasteiger partial charge in [0, 0.05) is 0 Å². The van der Waals surface area contributed by atoms with E-state index in [4.69, 9.17) is 4.74 Å². The minimum Gasteiger partial charge on any atom is -0.426 e. The van der Waals surface area contributed by atoms with Crippen molar-refractivity contribution < 1.29 is 13.9 Å². The Hall–Kier alpha value is -2.16. The van der Waals surface area contributed by atoms with Gasteiger partial charge in [-0.3, -0.25) is 4.79 Å². The molecule has 0 bridgehead atoms. The summed E-state index contributed by atoms with van der Waals surface area (Å²) in [5.41, 5.74) is 1.96. The Bertz CT molecular complexity index is 657. The molecule has 1 aliphatic rings. The molecule has 1 fully saturated rings. The van der Waals surface area contributed by atoms with E-state index in [0.717, 1.165) is 17.5 Å². The maximum Gasteiger partial charge on any atom is 0.314 e. The largest absolute Gasteiger partial charge is 0.426 e. The van der Waals surface area contributed by atoms with E-state index in [2.05, 4.69) is 13.8 Å². The van der Waals surface area contributed by atoms with Crippen LogP contribution in [-0.2, 0) is 4.79 Å². The van der Waals surface area contributed by atoms with Crippen molar-refractivity contribution in [2.24, 2.45) is 11.3 Å². The molecule has 0 heterocycles. The monoisotopic (exact) mass is 284 g/mol. The summed E-state index contributed by atoms with van der Waals surface area (Å²) in [5, 5.41) is 0. The molecule has 2 aromatic carbocycles. The highest BCUT2D eigenvalue weighted by molar-refractivity contribution is 5.79.